The molecule has 0 saturated carbocycles. The van der Waals surface area contributed by atoms with Crippen molar-refractivity contribution < 1.29 is 19.4 Å². The van der Waals surface area contributed by atoms with Crippen molar-refractivity contribution in [1.82, 2.24) is 15.1 Å². The molecule has 2 unspecified atom stereocenters. The van der Waals surface area contributed by atoms with Gasteiger partial charge < -0.3 is 15.2 Å². The van der Waals surface area contributed by atoms with E-state index in [4.69, 9.17) is 4.74 Å². The van der Waals surface area contributed by atoms with Crippen LogP contribution in [0.25, 0.3) is 0 Å². The number of amides is 1. The van der Waals surface area contributed by atoms with E-state index < -0.39 is 0 Å². The van der Waals surface area contributed by atoms with Gasteiger partial charge in [-0.15, -0.1) is 0 Å². The SMILES string of the molecule is CC(C)C(=O)CCCC(=O)NCC1CCC(CN2CCN(Cc3ccc(O)cc3)CC2)O1. The molecule has 2 atom stereocenters. The summed E-state index contributed by atoms with van der Waals surface area (Å²) < 4.78 is 6.17. The summed E-state index contributed by atoms with van der Waals surface area (Å²) in [5, 5.41) is 12.4. The lowest BCUT2D eigenvalue weighted by Gasteiger charge is -2.35. The Morgan fingerprint density at radius 1 is 1.03 bits per heavy atom. The lowest BCUT2D eigenvalue weighted by molar-refractivity contribution is -0.123. The lowest BCUT2D eigenvalue weighted by Crippen LogP contribution is -2.48. The summed E-state index contributed by atoms with van der Waals surface area (Å²) in [5.74, 6) is 0.592. The summed E-state index contributed by atoms with van der Waals surface area (Å²) >= 11 is 0. The Balaban J connectivity index is 1.26. The summed E-state index contributed by atoms with van der Waals surface area (Å²) in [6.45, 7) is 10.4. The number of phenolic OH excluding ortho intramolecular Hbond substituents is 1. The molecular weight excluding hydrogens is 406 g/mol. The van der Waals surface area contributed by atoms with Crippen LogP contribution in [0, 0.1) is 5.92 Å². The van der Waals surface area contributed by atoms with E-state index in [1.807, 2.05) is 26.0 Å². The Bertz CT molecular complexity index is 729. The van der Waals surface area contributed by atoms with Gasteiger partial charge in [0.2, 0.25) is 5.91 Å². The number of nitrogens with zero attached hydrogens (tertiary/aromatic N) is 2. The van der Waals surface area contributed by atoms with Gasteiger partial charge in [0, 0.05) is 64.6 Å². The van der Waals surface area contributed by atoms with Gasteiger partial charge in [-0.25, -0.2) is 0 Å². The molecule has 2 heterocycles. The van der Waals surface area contributed by atoms with Crippen LogP contribution < -0.4 is 5.32 Å². The fourth-order valence-electron chi connectivity index (χ4n) is 4.37. The molecule has 3 rings (SSSR count). The van der Waals surface area contributed by atoms with Crippen LogP contribution in [-0.2, 0) is 20.9 Å². The van der Waals surface area contributed by atoms with E-state index in [9.17, 15) is 14.7 Å². The summed E-state index contributed by atoms with van der Waals surface area (Å²) in [7, 11) is 0. The van der Waals surface area contributed by atoms with Gasteiger partial charge in [0.05, 0.1) is 12.2 Å². The average molecular weight is 446 g/mol. The van der Waals surface area contributed by atoms with Gasteiger partial charge in [0.1, 0.15) is 11.5 Å². The van der Waals surface area contributed by atoms with Crippen LogP contribution in [0.5, 0.6) is 5.75 Å². The van der Waals surface area contributed by atoms with E-state index in [2.05, 4.69) is 15.1 Å². The first kappa shape index (κ1) is 24.7. The molecule has 0 radical (unpaired) electrons. The van der Waals surface area contributed by atoms with Crippen LogP contribution in [-0.4, -0.2) is 78.1 Å². The van der Waals surface area contributed by atoms with E-state index in [-0.39, 0.29) is 29.8 Å². The summed E-state index contributed by atoms with van der Waals surface area (Å²) in [4.78, 5) is 28.6. The fourth-order valence-corrected chi connectivity index (χ4v) is 4.37. The maximum atomic E-state index is 12.0. The molecule has 1 aromatic carbocycles. The number of rotatable bonds is 11. The second-order valence-electron chi connectivity index (χ2n) is 9.48. The van der Waals surface area contributed by atoms with Gasteiger partial charge in [-0.05, 0) is 37.0 Å². The third-order valence-electron chi connectivity index (χ3n) is 6.46. The van der Waals surface area contributed by atoms with Crippen molar-refractivity contribution in [3.8, 4) is 5.75 Å². The largest absolute Gasteiger partial charge is 0.508 e. The van der Waals surface area contributed by atoms with E-state index in [1.54, 1.807) is 12.1 Å². The molecule has 0 bridgehead atoms. The molecule has 1 aromatic rings. The lowest BCUT2D eigenvalue weighted by atomic mass is 10.0. The monoisotopic (exact) mass is 445 g/mol. The van der Waals surface area contributed by atoms with E-state index in [0.29, 0.717) is 31.6 Å². The summed E-state index contributed by atoms with van der Waals surface area (Å²) in [6, 6.07) is 7.46. The molecular formula is C25H39N3O4. The first-order chi connectivity index (χ1) is 15.4. The number of carbonyl (C=O) groups is 2. The highest BCUT2D eigenvalue weighted by molar-refractivity contribution is 5.81. The number of aromatic hydroxyl groups is 1. The average Bonchev–Trinajstić information content (AvgIpc) is 3.22. The molecule has 0 spiro atoms. The van der Waals surface area contributed by atoms with E-state index >= 15 is 0 Å². The highest BCUT2D eigenvalue weighted by atomic mass is 16.5. The van der Waals surface area contributed by atoms with Gasteiger partial charge in [0.25, 0.3) is 0 Å². The van der Waals surface area contributed by atoms with Crippen LogP contribution in [0.1, 0.15) is 51.5 Å². The molecule has 2 aliphatic rings. The molecule has 0 aliphatic carbocycles. The van der Waals surface area contributed by atoms with E-state index in [0.717, 1.165) is 52.1 Å². The van der Waals surface area contributed by atoms with Crippen molar-refractivity contribution in [1.29, 1.82) is 0 Å². The van der Waals surface area contributed by atoms with Gasteiger partial charge in [-0.3, -0.25) is 19.4 Å². The highest BCUT2D eigenvalue weighted by Crippen LogP contribution is 2.21. The number of hydrogen-bond donors (Lipinski definition) is 2. The number of benzene rings is 1. The Kier molecular flexibility index (Phi) is 9.51. The predicted octanol–water partition coefficient (Wildman–Crippen LogP) is 2.57. The van der Waals surface area contributed by atoms with Crippen LogP contribution >= 0.6 is 0 Å². The molecule has 0 aromatic heterocycles. The molecule has 7 nitrogen and oxygen atoms in total. The zero-order valence-corrected chi connectivity index (χ0v) is 19.6. The van der Waals surface area contributed by atoms with Crippen molar-refractivity contribution >= 4 is 11.7 Å². The maximum Gasteiger partial charge on any atom is 0.220 e. The second-order valence-corrected chi connectivity index (χ2v) is 9.48. The van der Waals surface area contributed by atoms with Gasteiger partial charge >= 0.3 is 0 Å². The minimum Gasteiger partial charge on any atom is -0.508 e. The number of phenols is 1. The smallest absolute Gasteiger partial charge is 0.220 e. The minimum absolute atomic E-state index is 0.0124. The molecule has 32 heavy (non-hydrogen) atoms. The number of Topliss-reactive ketones (excluding diaryl/α,β-unsaturated/α-hetero) is 1. The Labute approximate surface area is 192 Å². The molecule has 1 amide bonds. The number of ketones is 1. The molecule has 7 heteroatoms. The predicted molar refractivity (Wildman–Crippen MR) is 124 cm³/mol. The molecule has 2 aliphatic heterocycles. The van der Waals surface area contributed by atoms with Gasteiger partial charge in [0.15, 0.2) is 0 Å². The molecule has 178 valence electrons. The highest BCUT2D eigenvalue weighted by Gasteiger charge is 2.28. The van der Waals surface area contributed by atoms with Crippen molar-refractivity contribution in [2.24, 2.45) is 5.92 Å². The number of carbonyl (C=O) groups excluding carboxylic acids is 2. The summed E-state index contributed by atoms with van der Waals surface area (Å²) in [5.41, 5.74) is 1.23. The van der Waals surface area contributed by atoms with Crippen molar-refractivity contribution in [3.05, 3.63) is 29.8 Å². The topological polar surface area (TPSA) is 82.1 Å². The fraction of sp³-hybridized carbons (Fsp3) is 0.680. The van der Waals surface area contributed by atoms with Crippen molar-refractivity contribution in [2.45, 2.75) is 64.7 Å². The van der Waals surface area contributed by atoms with Crippen molar-refractivity contribution in [3.63, 3.8) is 0 Å². The standard InChI is InChI=1S/C25H39N3O4/c1-19(2)24(30)4-3-5-25(31)26-16-22-10-11-23(32-22)18-28-14-12-27(13-15-28)17-20-6-8-21(29)9-7-20/h6-9,19,22-23,29H,3-5,10-18H2,1-2H3,(H,26,31). The zero-order valence-electron chi connectivity index (χ0n) is 19.6. The van der Waals surface area contributed by atoms with E-state index in [1.165, 1.54) is 5.56 Å². The number of nitrogens with one attached hydrogen (secondary N) is 1. The molecule has 2 saturated heterocycles. The molecule has 2 fully saturated rings. The number of piperazine rings is 1. The van der Waals surface area contributed by atoms with Gasteiger partial charge in [-0.2, -0.15) is 0 Å². The third kappa shape index (κ3) is 8.19. The number of hydrogen-bond acceptors (Lipinski definition) is 6. The second kappa shape index (κ2) is 12.3. The van der Waals surface area contributed by atoms with Crippen LogP contribution in [0.4, 0.5) is 0 Å². The zero-order chi connectivity index (χ0) is 22.9. The number of ether oxygens (including phenoxy) is 1. The quantitative estimate of drug-likeness (QED) is 0.545. The van der Waals surface area contributed by atoms with Crippen molar-refractivity contribution in [2.75, 3.05) is 39.3 Å². The Morgan fingerprint density at radius 2 is 1.69 bits per heavy atom. The van der Waals surface area contributed by atoms with Gasteiger partial charge in [-0.1, -0.05) is 26.0 Å². The minimum atomic E-state index is 0.0124. The summed E-state index contributed by atoms with van der Waals surface area (Å²) in [6.07, 6.45) is 3.87. The third-order valence-corrected chi connectivity index (χ3v) is 6.46. The Hall–Kier alpha value is -1.96. The Morgan fingerprint density at radius 3 is 2.38 bits per heavy atom. The van der Waals surface area contributed by atoms with Crippen LogP contribution in [0.15, 0.2) is 24.3 Å². The van der Waals surface area contributed by atoms with Crippen LogP contribution in [0.2, 0.25) is 0 Å². The van der Waals surface area contributed by atoms with Crippen LogP contribution in [0.3, 0.4) is 0 Å². The first-order valence-electron chi connectivity index (χ1n) is 12.1. The first-order valence-corrected chi connectivity index (χ1v) is 12.1. The maximum absolute atomic E-state index is 12.0. The normalized spacial score (nSPS) is 22.3. The molecule has 2 N–H and O–H groups in total.